The molecule has 0 bridgehead atoms. The number of hydrogen-bond donors (Lipinski definition) is 2. The van der Waals surface area contributed by atoms with Crippen LogP contribution in [0.5, 0.6) is 0 Å². The third kappa shape index (κ3) is 5.06. The normalized spacial score (nSPS) is 12.6. The van der Waals surface area contributed by atoms with Crippen LogP contribution in [0.25, 0.3) is 0 Å². The Balaban J connectivity index is 3.31. The van der Waals surface area contributed by atoms with Crippen LogP contribution >= 0.6 is 0 Å². The van der Waals surface area contributed by atoms with Gasteiger partial charge in [-0.1, -0.05) is 0 Å². The maximum Gasteiger partial charge on any atom is 0.325 e. The van der Waals surface area contributed by atoms with E-state index in [1.165, 1.54) is 0 Å². The highest BCUT2D eigenvalue weighted by Crippen LogP contribution is 1.84. The number of aliphatic hydroxyl groups is 1. The standard InChI is InChI=1S/C7H15NO4/c1-2-11-3-4-12-7(10)6(8)5-9/h6,9H,2-5,8H2,1H3. The summed E-state index contributed by atoms with van der Waals surface area (Å²) in [6.45, 7) is 2.58. The van der Waals surface area contributed by atoms with Crippen LogP contribution in [0.1, 0.15) is 6.92 Å². The summed E-state index contributed by atoms with van der Waals surface area (Å²) < 4.78 is 9.56. The molecule has 0 amide bonds. The molecule has 0 radical (unpaired) electrons. The summed E-state index contributed by atoms with van der Waals surface area (Å²) >= 11 is 0. The summed E-state index contributed by atoms with van der Waals surface area (Å²) in [5, 5.41) is 8.45. The zero-order valence-electron chi connectivity index (χ0n) is 7.16. The largest absolute Gasteiger partial charge is 0.462 e. The van der Waals surface area contributed by atoms with Crippen molar-refractivity contribution < 1.29 is 19.4 Å². The van der Waals surface area contributed by atoms with E-state index in [1.54, 1.807) is 0 Å². The maximum absolute atomic E-state index is 10.8. The first-order valence-electron chi connectivity index (χ1n) is 3.83. The second-order valence-corrected chi connectivity index (χ2v) is 2.15. The summed E-state index contributed by atoms with van der Waals surface area (Å²) in [5.74, 6) is -0.600. The zero-order valence-corrected chi connectivity index (χ0v) is 7.16. The first-order valence-corrected chi connectivity index (χ1v) is 3.83. The van der Waals surface area contributed by atoms with Crippen molar-refractivity contribution in [1.82, 2.24) is 0 Å². The van der Waals surface area contributed by atoms with Crippen molar-refractivity contribution >= 4 is 5.97 Å². The van der Waals surface area contributed by atoms with Crippen molar-refractivity contribution in [3.8, 4) is 0 Å². The molecular weight excluding hydrogens is 162 g/mol. The summed E-state index contributed by atoms with van der Waals surface area (Å²) in [6, 6.07) is -0.938. The van der Waals surface area contributed by atoms with E-state index in [2.05, 4.69) is 4.74 Å². The highest BCUT2D eigenvalue weighted by Gasteiger charge is 2.12. The summed E-state index contributed by atoms with van der Waals surface area (Å²) in [5.41, 5.74) is 5.17. The predicted octanol–water partition coefficient (Wildman–Crippen LogP) is -1.11. The Morgan fingerprint density at radius 2 is 2.25 bits per heavy atom. The molecule has 0 spiro atoms. The minimum absolute atomic E-state index is 0.181. The summed E-state index contributed by atoms with van der Waals surface area (Å²) in [6.07, 6.45) is 0. The second-order valence-electron chi connectivity index (χ2n) is 2.15. The van der Waals surface area contributed by atoms with Crippen molar-refractivity contribution in [3.05, 3.63) is 0 Å². The van der Waals surface area contributed by atoms with Crippen LogP contribution in [0, 0.1) is 0 Å². The molecule has 12 heavy (non-hydrogen) atoms. The number of hydrogen-bond acceptors (Lipinski definition) is 5. The first-order chi connectivity index (χ1) is 5.72. The molecule has 0 aliphatic rings. The average molecular weight is 177 g/mol. The highest BCUT2D eigenvalue weighted by atomic mass is 16.6. The summed E-state index contributed by atoms with van der Waals surface area (Å²) in [4.78, 5) is 10.8. The lowest BCUT2D eigenvalue weighted by Gasteiger charge is -2.08. The molecule has 0 aliphatic carbocycles. The van der Waals surface area contributed by atoms with Crippen molar-refractivity contribution in [2.75, 3.05) is 26.4 Å². The maximum atomic E-state index is 10.8. The van der Waals surface area contributed by atoms with Crippen LogP contribution in [0.3, 0.4) is 0 Å². The van der Waals surface area contributed by atoms with Crippen LogP contribution in [0.2, 0.25) is 0 Å². The van der Waals surface area contributed by atoms with Gasteiger partial charge in [-0.3, -0.25) is 4.79 Å². The van der Waals surface area contributed by atoms with E-state index in [1.807, 2.05) is 6.92 Å². The molecule has 3 N–H and O–H groups in total. The Morgan fingerprint density at radius 1 is 1.58 bits per heavy atom. The molecule has 0 aromatic carbocycles. The number of ether oxygens (including phenoxy) is 2. The van der Waals surface area contributed by atoms with Gasteiger partial charge in [0.1, 0.15) is 12.6 Å². The molecule has 1 unspecified atom stereocenters. The quantitative estimate of drug-likeness (QED) is 0.397. The molecule has 72 valence electrons. The van der Waals surface area contributed by atoms with Gasteiger partial charge < -0.3 is 20.3 Å². The van der Waals surface area contributed by atoms with E-state index < -0.39 is 18.6 Å². The molecule has 1 atom stereocenters. The Bertz CT molecular complexity index is 129. The Hall–Kier alpha value is -0.650. The predicted molar refractivity (Wildman–Crippen MR) is 42.5 cm³/mol. The first kappa shape index (κ1) is 11.4. The lowest BCUT2D eigenvalue weighted by atomic mass is 10.3. The fourth-order valence-corrected chi connectivity index (χ4v) is 0.527. The third-order valence-electron chi connectivity index (χ3n) is 1.18. The molecule has 5 heteroatoms. The van der Waals surface area contributed by atoms with Crippen molar-refractivity contribution in [2.45, 2.75) is 13.0 Å². The third-order valence-corrected chi connectivity index (χ3v) is 1.18. The van der Waals surface area contributed by atoms with Crippen LogP contribution in [-0.4, -0.2) is 43.5 Å². The second kappa shape index (κ2) is 7.02. The van der Waals surface area contributed by atoms with E-state index in [4.69, 9.17) is 15.6 Å². The summed E-state index contributed by atoms with van der Waals surface area (Å²) in [7, 11) is 0. The van der Waals surface area contributed by atoms with Gasteiger partial charge in [-0.2, -0.15) is 0 Å². The molecule has 0 heterocycles. The highest BCUT2D eigenvalue weighted by molar-refractivity contribution is 5.75. The fraction of sp³-hybridized carbons (Fsp3) is 0.857. The van der Waals surface area contributed by atoms with E-state index in [0.717, 1.165) is 0 Å². The van der Waals surface area contributed by atoms with Gasteiger partial charge in [-0.05, 0) is 6.92 Å². The Labute approximate surface area is 71.5 Å². The monoisotopic (exact) mass is 177 g/mol. The molecule has 0 fully saturated rings. The van der Waals surface area contributed by atoms with Gasteiger partial charge in [-0.25, -0.2) is 0 Å². The minimum Gasteiger partial charge on any atom is -0.462 e. The minimum atomic E-state index is -0.938. The molecule has 0 aromatic heterocycles. The SMILES string of the molecule is CCOCCOC(=O)C(N)CO. The number of esters is 1. The van der Waals surface area contributed by atoms with Crippen molar-refractivity contribution in [2.24, 2.45) is 5.73 Å². The van der Waals surface area contributed by atoms with Crippen LogP contribution in [-0.2, 0) is 14.3 Å². The molecule has 5 nitrogen and oxygen atoms in total. The van der Waals surface area contributed by atoms with Crippen LogP contribution in [0.4, 0.5) is 0 Å². The lowest BCUT2D eigenvalue weighted by Crippen LogP contribution is -2.36. The van der Waals surface area contributed by atoms with E-state index >= 15 is 0 Å². The number of carbonyl (C=O) groups is 1. The molecule has 0 saturated heterocycles. The molecular formula is C7H15NO4. The van der Waals surface area contributed by atoms with Gasteiger partial charge in [0.2, 0.25) is 0 Å². The molecule has 0 aliphatic heterocycles. The van der Waals surface area contributed by atoms with Gasteiger partial charge in [0, 0.05) is 6.61 Å². The van der Waals surface area contributed by atoms with Gasteiger partial charge in [0.15, 0.2) is 0 Å². The van der Waals surface area contributed by atoms with E-state index in [0.29, 0.717) is 13.2 Å². The van der Waals surface area contributed by atoms with Crippen molar-refractivity contribution in [3.63, 3.8) is 0 Å². The molecule has 0 saturated carbocycles. The van der Waals surface area contributed by atoms with Crippen molar-refractivity contribution in [1.29, 1.82) is 0 Å². The number of nitrogens with two attached hydrogens (primary N) is 1. The fourth-order valence-electron chi connectivity index (χ4n) is 0.527. The topological polar surface area (TPSA) is 81.8 Å². The molecule has 0 aromatic rings. The Morgan fingerprint density at radius 3 is 2.75 bits per heavy atom. The van der Waals surface area contributed by atoms with Gasteiger partial charge in [0.05, 0.1) is 13.2 Å². The number of rotatable bonds is 6. The van der Waals surface area contributed by atoms with Crippen LogP contribution in [0.15, 0.2) is 0 Å². The van der Waals surface area contributed by atoms with Crippen LogP contribution < -0.4 is 5.73 Å². The molecule has 0 rings (SSSR count). The van der Waals surface area contributed by atoms with Gasteiger partial charge in [-0.15, -0.1) is 0 Å². The average Bonchev–Trinajstić information content (AvgIpc) is 2.10. The number of aliphatic hydroxyl groups excluding tert-OH is 1. The lowest BCUT2D eigenvalue weighted by molar-refractivity contribution is -0.147. The smallest absolute Gasteiger partial charge is 0.325 e. The van der Waals surface area contributed by atoms with E-state index in [-0.39, 0.29) is 6.61 Å². The van der Waals surface area contributed by atoms with E-state index in [9.17, 15) is 4.79 Å². The zero-order chi connectivity index (χ0) is 9.40. The number of carbonyl (C=O) groups excluding carboxylic acids is 1. The Kier molecular flexibility index (Phi) is 6.64. The van der Waals surface area contributed by atoms with Gasteiger partial charge in [0.25, 0.3) is 0 Å². The van der Waals surface area contributed by atoms with Gasteiger partial charge >= 0.3 is 5.97 Å².